The van der Waals surface area contributed by atoms with Gasteiger partial charge in [0.25, 0.3) is 0 Å². The fourth-order valence-electron chi connectivity index (χ4n) is 2.22. The van der Waals surface area contributed by atoms with Gasteiger partial charge in [0.1, 0.15) is 0 Å². The van der Waals surface area contributed by atoms with Crippen molar-refractivity contribution in [3.8, 4) is 0 Å². The molecule has 0 radical (unpaired) electrons. The van der Waals surface area contributed by atoms with Crippen molar-refractivity contribution < 1.29 is 4.79 Å². The molecule has 4 heteroatoms. The summed E-state index contributed by atoms with van der Waals surface area (Å²) in [6.45, 7) is 6.90. The maximum absolute atomic E-state index is 12.8. The van der Waals surface area contributed by atoms with Crippen LogP contribution in [-0.2, 0) is 6.54 Å². The molecule has 1 aromatic carbocycles. The molecule has 0 aliphatic heterocycles. The Bertz CT molecular complexity index is 614. The summed E-state index contributed by atoms with van der Waals surface area (Å²) in [6, 6.07) is 8.10. The van der Waals surface area contributed by atoms with Crippen molar-refractivity contribution in [3.63, 3.8) is 0 Å². The molecule has 0 unspecified atom stereocenters. The molecule has 2 rings (SSSR count). The van der Waals surface area contributed by atoms with Crippen LogP contribution in [0.15, 0.2) is 30.5 Å². The summed E-state index contributed by atoms with van der Waals surface area (Å²) >= 11 is 0. The summed E-state index contributed by atoms with van der Waals surface area (Å²) < 4.78 is 2.13. The van der Waals surface area contributed by atoms with Gasteiger partial charge in [-0.1, -0.05) is 18.2 Å². The lowest BCUT2D eigenvalue weighted by Crippen LogP contribution is -2.45. The molecule has 1 heterocycles. The first-order valence-corrected chi connectivity index (χ1v) is 6.69. The summed E-state index contributed by atoms with van der Waals surface area (Å²) in [5.74, 6) is 0.168. The number of rotatable bonds is 4. The lowest BCUT2D eigenvalue weighted by molar-refractivity contribution is 0.0757. The molecule has 110 valence electrons. The minimum absolute atomic E-state index is 0. The molecule has 0 fully saturated rings. The predicted molar refractivity (Wildman–Crippen MR) is 87.0 cm³/mol. The van der Waals surface area contributed by atoms with Crippen molar-refractivity contribution in [1.82, 2.24) is 9.47 Å². The number of hydrogen-bond acceptors (Lipinski definition) is 2. The number of Topliss-reactive ketones (excluding diaryl/α,β-unsaturated/α-hetero) is 1. The highest BCUT2D eigenvalue weighted by Gasteiger charge is 2.32. The van der Waals surface area contributed by atoms with E-state index < -0.39 is 5.54 Å². The van der Waals surface area contributed by atoms with Crippen molar-refractivity contribution in [2.24, 2.45) is 0 Å². The monoisotopic (exact) mass is 294 g/mol. The Balaban J connectivity index is 0.00000200. The molecular weight excluding hydrogens is 272 g/mol. The van der Waals surface area contributed by atoms with Crippen LogP contribution < -0.4 is 0 Å². The van der Waals surface area contributed by atoms with Gasteiger partial charge >= 0.3 is 0 Å². The molecule has 0 atom stereocenters. The maximum Gasteiger partial charge on any atom is 0.184 e. The number of likely N-dealkylation sites (N-methyl/N-ethyl adjacent to an activating group) is 1. The van der Waals surface area contributed by atoms with Crippen LogP contribution >= 0.6 is 12.4 Å². The second-order valence-electron chi connectivity index (χ2n) is 5.63. The third kappa shape index (κ3) is 2.60. The fourth-order valence-corrected chi connectivity index (χ4v) is 2.22. The zero-order valence-electron chi connectivity index (χ0n) is 12.8. The number of benzene rings is 1. The number of carbonyl (C=O) groups is 1. The van der Waals surface area contributed by atoms with Gasteiger partial charge in [-0.2, -0.15) is 0 Å². The number of ketones is 1. The number of para-hydroxylation sites is 1. The highest BCUT2D eigenvalue weighted by atomic mass is 35.5. The average molecular weight is 295 g/mol. The van der Waals surface area contributed by atoms with Crippen LogP contribution in [0.3, 0.4) is 0 Å². The highest BCUT2D eigenvalue weighted by Crippen LogP contribution is 2.26. The van der Waals surface area contributed by atoms with Gasteiger partial charge in [0, 0.05) is 29.2 Å². The molecule has 0 amide bonds. The van der Waals surface area contributed by atoms with E-state index in [4.69, 9.17) is 0 Å². The molecular formula is C16H23ClN2O. The molecule has 0 spiro atoms. The number of fused-ring (bicyclic) bond motifs is 1. The summed E-state index contributed by atoms with van der Waals surface area (Å²) in [6.07, 6.45) is 1.98. The quantitative estimate of drug-likeness (QED) is 0.805. The number of carbonyl (C=O) groups excluding carboxylic acids is 1. The first kappa shape index (κ1) is 16.7. The lowest BCUT2D eigenvalue weighted by atomic mass is 9.92. The van der Waals surface area contributed by atoms with E-state index in [-0.39, 0.29) is 18.2 Å². The second-order valence-corrected chi connectivity index (χ2v) is 5.63. The Morgan fingerprint density at radius 2 is 1.85 bits per heavy atom. The molecule has 0 aliphatic carbocycles. The van der Waals surface area contributed by atoms with Crippen molar-refractivity contribution in [2.75, 3.05) is 14.1 Å². The van der Waals surface area contributed by atoms with Gasteiger partial charge < -0.3 is 4.57 Å². The van der Waals surface area contributed by atoms with Crippen molar-refractivity contribution in [2.45, 2.75) is 32.9 Å². The van der Waals surface area contributed by atoms with Gasteiger partial charge in [0.15, 0.2) is 5.78 Å². The Morgan fingerprint density at radius 3 is 2.40 bits per heavy atom. The van der Waals surface area contributed by atoms with Crippen molar-refractivity contribution in [3.05, 3.63) is 36.0 Å². The Morgan fingerprint density at radius 1 is 1.25 bits per heavy atom. The topological polar surface area (TPSA) is 25.2 Å². The van der Waals surface area contributed by atoms with E-state index in [0.29, 0.717) is 0 Å². The molecule has 0 saturated heterocycles. The molecule has 0 bridgehead atoms. The highest BCUT2D eigenvalue weighted by molar-refractivity contribution is 6.12. The molecule has 2 aromatic rings. The van der Waals surface area contributed by atoms with Gasteiger partial charge in [0.2, 0.25) is 0 Å². The van der Waals surface area contributed by atoms with Gasteiger partial charge in [-0.25, -0.2) is 0 Å². The van der Waals surface area contributed by atoms with E-state index in [0.717, 1.165) is 23.0 Å². The minimum atomic E-state index is -0.497. The first-order chi connectivity index (χ1) is 8.89. The van der Waals surface area contributed by atoms with Crippen LogP contribution in [0.25, 0.3) is 10.9 Å². The lowest BCUT2D eigenvalue weighted by Gasteiger charge is -2.30. The largest absolute Gasteiger partial charge is 0.347 e. The molecule has 1 aromatic heterocycles. The van der Waals surface area contributed by atoms with Gasteiger partial charge in [-0.15, -0.1) is 12.4 Å². The molecule has 0 saturated carbocycles. The van der Waals surface area contributed by atoms with Gasteiger partial charge in [-0.05, 0) is 40.9 Å². The van der Waals surface area contributed by atoms with Crippen LogP contribution in [0.1, 0.15) is 31.1 Å². The summed E-state index contributed by atoms with van der Waals surface area (Å²) in [4.78, 5) is 14.8. The van der Waals surface area contributed by atoms with E-state index >= 15 is 0 Å². The van der Waals surface area contributed by atoms with E-state index in [1.54, 1.807) is 0 Å². The van der Waals surface area contributed by atoms with E-state index in [1.165, 1.54) is 0 Å². The summed E-state index contributed by atoms with van der Waals surface area (Å²) in [5, 5.41) is 1.05. The SMILES string of the molecule is CCn1cc(C(=O)C(C)(C)N(C)C)c2ccccc21.Cl. The van der Waals surface area contributed by atoms with Crippen LogP contribution in [0, 0.1) is 0 Å². The molecule has 20 heavy (non-hydrogen) atoms. The van der Waals surface area contributed by atoms with Crippen LogP contribution in [-0.4, -0.2) is 34.9 Å². The zero-order valence-corrected chi connectivity index (χ0v) is 13.6. The van der Waals surface area contributed by atoms with Crippen LogP contribution in [0.5, 0.6) is 0 Å². The number of hydrogen-bond donors (Lipinski definition) is 0. The second kappa shape index (κ2) is 5.98. The Labute approximate surface area is 127 Å². The smallest absolute Gasteiger partial charge is 0.184 e. The van der Waals surface area contributed by atoms with E-state index in [9.17, 15) is 4.79 Å². The molecule has 0 aliphatic rings. The average Bonchev–Trinajstić information content (AvgIpc) is 2.76. The molecule has 0 N–H and O–H groups in total. The van der Waals surface area contributed by atoms with E-state index in [2.05, 4.69) is 17.6 Å². The number of aryl methyl sites for hydroxylation is 1. The van der Waals surface area contributed by atoms with Crippen molar-refractivity contribution >= 4 is 29.1 Å². The third-order valence-corrected chi connectivity index (χ3v) is 4.05. The summed E-state index contributed by atoms with van der Waals surface area (Å²) in [5.41, 5.74) is 1.45. The maximum atomic E-state index is 12.8. The van der Waals surface area contributed by atoms with Gasteiger partial charge in [-0.3, -0.25) is 9.69 Å². The zero-order chi connectivity index (χ0) is 14.2. The fraction of sp³-hybridized carbons (Fsp3) is 0.438. The molecule has 3 nitrogen and oxygen atoms in total. The van der Waals surface area contributed by atoms with Crippen LogP contribution in [0.2, 0.25) is 0 Å². The van der Waals surface area contributed by atoms with E-state index in [1.807, 2.05) is 57.2 Å². The standard InChI is InChI=1S/C16H22N2O.ClH/c1-6-18-11-13(12-9-7-8-10-14(12)18)15(19)16(2,3)17(4)5;/h7-11H,6H2,1-5H3;1H. The number of aromatic nitrogens is 1. The Kier molecular flexibility index (Phi) is 5.00. The first-order valence-electron chi connectivity index (χ1n) is 6.69. The van der Waals surface area contributed by atoms with Gasteiger partial charge in [0.05, 0.1) is 5.54 Å². The summed E-state index contributed by atoms with van der Waals surface area (Å²) in [7, 11) is 3.88. The van der Waals surface area contributed by atoms with Crippen molar-refractivity contribution in [1.29, 1.82) is 0 Å². The number of halogens is 1. The third-order valence-electron chi connectivity index (χ3n) is 4.05. The number of nitrogens with zero attached hydrogens (tertiary/aromatic N) is 2. The normalized spacial score (nSPS) is 11.7. The van der Waals surface area contributed by atoms with Crippen LogP contribution in [0.4, 0.5) is 0 Å². The predicted octanol–water partition coefficient (Wildman–Crippen LogP) is 3.61. The minimum Gasteiger partial charge on any atom is -0.347 e. The Hall–Kier alpha value is -1.32.